The number of rotatable bonds is 4. The van der Waals surface area contributed by atoms with Crippen LogP contribution in [0, 0.1) is 0 Å². The van der Waals surface area contributed by atoms with Crippen molar-refractivity contribution in [2.45, 2.75) is 30.7 Å². The van der Waals surface area contributed by atoms with Gasteiger partial charge in [-0.2, -0.15) is 0 Å². The highest BCUT2D eigenvalue weighted by molar-refractivity contribution is 5.93. The molecule has 1 saturated heterocycles. The molecule has 9 N–H and O–H groups in total. The molecule has 182 valence electrons. The molecule has 1 fully saturated rings. The molecule has 1 aliphatic rings. The van der Waals surface area contributed by atoms with Gasteiger partial charge < -0.3 is 59.8 Å². The van der Waals surface area contributed by atoms with E-state index in [4.69, 9.17) is 13.9 Å². The van der Waals surface area contributed by atoms with Gasteiger partial charge in [-0.1, -0.05) is 0 Å². The van der Waals surface area contributed by atoms with Crippen molar-refractivity contribution in [1.82, 2.24) is 0 Å². The lowest BCUT2D eigenvalue weighted by molar-refractivity contribution is -0.277. The van der Waals surface area contributed by atoms with Gasteiger partial charge in [0.2, 0.25) is 23.2 Å². The molecule has 0 spiro atoms. The smallest absolute Gasteiger partial charge is 0.238 e. The van der Waals surface area contributed by atoms with Crippen molar-refractivity contribution in [2.24, 2.45) is 0 Å². The van der Waals surface area contributed by atoms with Crippen molar-refractivity contribution in [1.29, 1.82) is 0 Å². The monoisotopic (exact) mass is 480 g/mol. The van der Waals surface area contributed by atoms with Gasteiger partial charge in [0.05, 0.1) is 6.61 Å². The molecule has 0 aliphatic carbocycles. The topological polar surface area (TPSA) is 231 Å². The van der Waals surface area contributed by atoms with Gasteiger partial charge in [-0.25, -0.2) is 0 Å². The quantitative estimate of drug-likeness (QED) is 0.164. The SMILES string of the molecule is O=c1c(O)c(-c2ccc(O)c(O)c2)oc2c(O)c(O[C@@H]3OC(CO)[C@@H](O)[C@H](O)C3O)cc(O)c12. The summed E-state index contributed by atoms with van der Waals surface area (Å²) in [6.07, 6.45) is -8.32. The summed E-state index contributed by atoms with van der Waals surface area (Å²) in [6.45, 7) is -0.739. The van der Waals surface area contributed by atoms with Crippen LogP contribution in [0.2, 0.25) is 0 Å². The summed E-state index contributed by atoms with van der Waals surface area (Å²) in [5.41, 5.74) is -1.85. The molecule has 5 atom stereocenters. The number of aliphatic hydroxyl groups excluding tert-OH is 4. The molecule has 2 unspecified atom stereocenters. The number of hydrogen-bond donors (Lipinski definition) is 9. The fraction of sp³-hybridized carbons (Fsp3) is 0.286. The first-order valence-electron chi connectivity index (χ1n) is 9.79. The fourth-order valence-electron chi connectivity index (χ4n) is 3.54. The molecule has 13 nitrogen and oxygen atoms in total. The number of fused-ring (bicyclic) bond motifs is 1. The lowest BCUT2D eigenvalue weighted by Crippen LogP contribution is -2.60. The maximum atomic E-state index is 12.7. The summed E-state index contributed by atoms with van der Waals surface area (Å²) < 4.78 is 16.0. The fourth-order valence-corrected chi connectivity index (χ4v) is 3.54. The van der Waals surface area contributed by atoms with E-state index < -0.39 is 94.0 Å². The molecule has 0 radical (unpaired) electrons. The number of ether oxygens (including phenoxy) is 2. The highest BCUT2D eigenvalue weighted by atomic mass is 16.7. The Morgan fingerprint density at radius 2 is 1.56 bits per heavy atom. The van der Waals surface area contributed by atoms with Gasteiger partial charge >= 0.3 is 0 Å². The lowest BCUT2D eigenvalue weighted by atomic mass is 9.99. The third-order valence-corrected chi connectivity index (χ3v) is 5.39. The van der Waals surface area contributed by atoms with E-state index in [9.17, 15) is 50.8 Å². The zero-order chi connectivity index (χ0) is 24.9. The minimum absolute atomic E-state index is 0.0639. The van der Waals surface area contributed by atoms with E-state index in [1.54, 1.807) is 0 Å². The molecule has 3 aromatic rings. The average Bonchev–Trinajstić information content (AvgIpc) is 2.81. The molecule has 2 heterocycles. The summed E-state index contributed by atoms with van der Waals surface area (Å²) in [4.78, 5) is 12.7. The van der Waals surface area contributed by atoms with Gasteiger partial charge in [0.1, 0.15) is 35.6 Å². The third-order valence-electron chi connectivity index (χ3n) is 5.39. The molecule has 4 rings (SSSR count). The third kappa shape index (κ3) is 3.70. The van der Waals surface area contributed by atoms with Crippen molar-refractivity contribution in [3.05, 3.63) is 34.5 Å². The zero-order valence-electron chi connectivity index (χ0n) is 17.1. The summed E-state index contributed by atoms with van der Waals surface area (Å²) in [5.74, 6) is -4.80. The van der Waals surface area contributed by atoms with E-state index in [1.165, 1.54) is 6.07 Å². The summed E-state index contributed by atoms with van der Waals surface area (Å²) >= 11 is 0. The molecule has 2 aromatic carbocycles. The standard InChI is InChI=1S/C21H20O13/c22-5-11-13(26)16(29)18(31)21(33-11)32-10-4-9(25)12-15(28)17(30)19(34-20(12)14(10)27)6-1-2-7(23)8(24)3-6/h1-4,11,13,16,18,21-27,29-31H,5H2/t11?,13-,16+,18?,21-/m1/s1. The van der Waals surface area contributed by atoms with E-state index in [-0.39, 0.29) is 5.56 Å². The molecule has 0 saturated carbocycles. The zero-order valence-corrected chi connectivity index (χ0v) is 17.1. The Morgan fingerprint density at radius 1 is 0.853 bits per heavy atom. The van der Waals surface area contributed by atoms with Crippen LogP contribution < -0.4 is 10.2 Å². The van der Waals surface area contributed by atoms with Crippen LogP contribution in [0.15, 0.2) is 33.5 Å². The second-order valence-electron chi connectivity index (χ2n) is 7.57. The second kappa shape index (κ2) is 8.55. The molecule has 34 heavy (non-hydrogen) atoms. The van der Waals surface area contributed by atoms with Crippen molar-refractivity contribution in [3.63, 3.8) is 0 Å². The van der Waals surface area contributed by atoms with Crippen LogP contribution in [0.4, 0.5) is 0 Å². The van der Waals surface area contributed by atoms with Crippen LogP contribution in [-0.2, 0) is 4.74 Å². The maximum Gasteiger partial charge on any atom is 0.238 e. The first kappa shape index (κ1) is 23.4. The van der Waals surface area contributed by atoms with Gasteiger partial charge in [0, 0.05) is 11.6 Å². The number of phenolic OH excluding ortho intramolecular Hbond substituents is 4. The predicted octanol–water partition coefficient (Wildman–Crippen LogP) is -0.833. The van der Waals surface area contributed by atoms with Crippen molar-refractivity contribution in [3.8, 4) is 45.8 Å². The van der Waals surface area contributed by atoms with Crippen LogP contribution >= 0.6 is 0 Å². The Hall–Kier alpha value is -3.75. The minimum atomic E-state index is -1.84. The van der Waals surface area contributed by atoms with Crippen LogP contribution in [0.5, 0.6) is 34.5 Å². The lowest BCUT2D eigenvalue weighted by Gasteiger charge is -2.39. The average molecular weight is 480 g/mol. The number of phenols is 4. The molecule has 1 aromatic heterocycles. The summed E-state index contributed by atoms with van der Waals surface area (Å²) in [6, 6.07) is 4.00. The number of hydrogen-bond acceptors (Lipinski definition) is 13. The summed E-state index contributed by atoms with van der Waals surface area (Å²) in [7, 11) is 0. The number of benzene rings is 2. The Morgan fingerprint density at radius 3 is 2.21 bits per heavy atom. The highest BCUT2D eigenvalue weighted by Crippen LogP contribution is 2.44. The first-order chi connectivity index (χ1) is 16.0. The van der Waals surface area contributed by atoms with E-state index in [0.717, 1.165) is 18.2 Å². The predicted molar refractivity (Wildman–Crippen MR) is 111 cm³/mol. The van der Waals surface area contributed by atoms with Gasteiger partial charge in [-0.15, -0.1) is 0 Å². The van der Waals surface area contributed by atoms with Crippen molar-refractivity contribution >= 4 is 11.0 Å². The van der Waals surface area contributed by atoms with Gasteiger partial charge in [0.25, 0.3) is 0 Å². The molecule has 0 bridgehead atoms. The molecular formula is C21H20O13. The molecule has 1 aliphatic heterocycles. The normalized spacial score (nSPS) is 24.9. The van der Waals surface area contributed by atoms with Gasteiger partial charge in [0.15, 0.2) is 28.6 Å². The maximum absolute atomic E-state index is 12.7. The van der Waals surface area contributed by atoms with Gasteiger partial charge in [-0.05, 0) is 18.2 Å². The van der Waals surface area contributed by atoms with Crippen molar-refractivity contribution < 1.29 is 59.8 Å². The largest absolute Gasteiger partial charge is 0.507 e. The van der Waals surface area contributed by atoms with Crippen molar-refractivity contribution in [2.75, 3.05) is 6.61 Å². The molecule has 0 amide bonds. The molecular weight excluding hydrogens is 460 g/mol. The number of aliphatic hydroxyl groups is 4. The van der Waals surface area contributed by atoms with E-state index in [1.807, 2.05) is 0 Å². The van der Waals surface area contributed by atoms with Crippen LogP contribution in [-0.4, -0.2) is 83.3 Å². The Bertz CT molecular complexity index is 1300. The minimum Gasteiger partial charge on any atom is -0.507 e. The molecule has 13 heteroatoms. The van der Waals surface area contributed by atoms with Crippen LogP contribution in [0.25, 0.3) is 22.3 Å². The van der Waals surface area contributed by atoms with E-state index in [2.05, 4.69) is 0 Å². The van der Waals surface area contributed by atoms with E-state index >= 15 is 0 Å². The number of aromatic hydroxyl groups is 5. The summed E-state index contributed by atoms with van der Waals surface area (Å²) in [5, 5.41) is 89.1. The second-order valence-corrected chi connectivity index (χ2v) is 7.57. The first-order valence-corrected chi connectivity index (χ1v) is 9.79. The van der Waals surface area contributed by atoms with Gasteiger partial charge in [-0.3, -0.25) is 4.79 Å². The highest BCUT2D eigenvalue weighted by Gasteiger charge is 2.45. The Kier molecular flexibility index (Phi) is 5.89. The van der Waals surface area contributed by atoms with Crippen LogP contribution in [0.3, 0.4) is 0 Å². The Balaban J connectivity index is 1.83. The Labute approximate surface area is 189 Å². The van der Waals surface area contributed by atoms with E-state index in [0.29, 0.717) is 0 Å². The van der Waals surface area contributed by atoms with Crippen LogP contribution in [0.1, 0.15) is 0 Å².